The molecule has 2 N–H and O–H groups in total. The van der Waals surface area contributed by atoms with Gasteiger partial charge in [0.15, 0.2) is 5.75 Å². The predicted molar refractivity (Wildman–Crippen MR) is 76.0 cm³/mol. The first-order valence-electron chi connectivity index (χ1n) is 5.98. The van der Waals surface area contributed by atoms with Gasteiger partial charge in [-0.3, -0.25) is 20.2 Å². The average Bonchev–Trinajstić information content (AvgIpc) is 2.95. The Morgan fingerprint density at radius 3 is 2.67 bits per heavy atom. The van der Waals surface area contributed by atoms with Crippen LogP contribution in [0.2, 0.25) is 0 Å². The van der Waals surface area contributed by atoms with E-state index in [-0.39, 0.29) is 22.6 Å². The van der Waals surface area contributed by atoms with Crippen LogP contribution in [0.1, 0.15) is 10.9 Å². The van der Waals surface area contributed by atoms with Crippen molar-refractivity contribution in [3.63, 3.8) is 0 Å². The molecule has 1 aliphatic rings. The van der Waals surface area contributed by atoms with Gasteiger partial charge in [-0.15, -0.1) is 11.8 Å². The number of carboxylic acids is 1. The van der Waals surface area contributed by atoms with Gasteiger partial charge < -0.3 is 14.6 Å². The minimum atomic E-state index is -0.944. The Bertz CT molecular complexity index is 579. The number of nitro benzene ring substituents is 1. The summed E-state index contributed by atoms with van der Waals surface area (Å²) in [6, 6.07) is 2.31. The SMILES string of the molecule is COc1cc([C@@H]2N[C@@H](C(=O)O)CS2)cc([N+](=O)[O-])c1OC. The van der Waals surface area contributed by atoms with Gasteiger partial charge in [-0.25, -0.2) is 0 Å². The number of thioether (sulfide) groups is 1. The average molecular weight is 314 g/mol. The summed E-state index contributed by atoms with van der Waals surface area (Å²) >= 11 is 1.37. The van der Waals surface area contributed by atoms with E-state index in [1.165, 1.54) is 32.0 Å². The number of benzene rings is 1. The molecule has 1 aromatic carbocycles. The topological polar surface area (TPSA) is 111 Å². The molecule has 0 aliphatic carbocycles. The standard InChI is InChI=1S/C12H14N2O6S/c1-19-9-4-6(3-8(14(17)18)10(9)20-2)11-13-7(5-21-11)12(15)16/h3-4,7,11,13H,5H2,1-2H3,(H,15,16)/t7-,11-/m1/s1. The Morgan fingerprint density at radius 1 is 1.48 bits per heavy atom. The van der Waals surface area contributed by atoms with Crippen molar-refractivity contribution in [3.8, 4) is 11.5 Å². The third-order valence-electron chi connectivity index (χ3n) is 3.06. The van der Waals surface area contributed by atoms with Crippen LogP contribution < -0.4 is 14.8 Å². The van der Waals surface area contributed by atoms with Crippen LogP contribution in [0.25, 0.3) is 0 Å². The fraction of sp³-hybridized carbons (Fsp3) is 0.417. The lowest BCUT2D eigenvalue weighted by molar-refractivity contribution is -0.385. The van der Waals surface area contributed by atoms with Crippen molar-refractivity contribution in [1.29, 1.82) is 0 Å². The van der Waals surface area contributed by atoms with Gasteiger partial charge in [-0.05, 0) is 11.6 Å². The number of ether oxygens (including phenoxy) is 2. The van der Waals surface area contributed by atoms with Crippen LogP contribution in [0.4, 0.5) is 5.69 Å². The van der Waals surface area contributed by atoms with Gasteiger partial charge in [0, 0.05) is 11.8 Å². The van der Waals surface area contributed by atoms with Gasteiger partial charge in [0.2, 0.25) is 5.75 Å². The molecule has 0 amide bonds. The molecule has 0 bridgehead atoms. The van der Waals surface area contributed by atoms with E-state index in [4.69, 9.17) is 14.6 Å². The molecule has 1 aromatic rings. The van der Waals surface area contributed by atoms with Crippen LogP contribution in [0, 0.1) is 10.1 Å². The number of nitro groups is 1. The molecule has 1 aliphatic heterocycles. The van der Waals surface area contributed by atoms with Crippen molar-refractivity contribution >= 4 is 23.4 Å². The summed E-state index contributed by atoms with van der Waals surface area (Å²) in [5, 5.41) is 22.7. The monoisotopic (exact) mass is 314 g/mol. The maximum Gasteiger partial charge on any atom is 0.321 e. The lowest BCUT2D eigenvalue weighted by Crippen LogP contribution is -2.33. The largest absolute Gasteiger partial charge is 0.493 e. The van der Waals surface area contributed by atoms with Gasteiger partial charge in [0.25, 0.3) is 0 Å². The minimum absolute atomic E-state index is 0.0454. The van der Waals surface area contributed by atoms with Crippen molar-refractivity contribution in [2.24, 2.45) is 0 Å². The number of carbonyl (C=O) groups is 1. The smallest absolute Gasteiger partial charge is 0.321 e. The van der Waals surface area contributed by atoms with Gasteiger partial charge >= 0.3 is 11.7 Å². The summed E-state index contributed by atoms with van der Waals surface area (Å²) in [7, 11) is 2.72. The van der Waals surface area contributed by atoms with Crippen LogP contribution in [0.3, 0.4) is 0 Å². The fourth-order valence-electron chi connectivity index (χ4n) is 2.06. The Hall–Kier alpha value is -2.00. The molecular formula is C12H14N2O6S. The molecule has 0 unspecified atom stereocenters. The Kier molecular flexibility index (Phi) is 4.53. The van der Waals surface area contributed by atoms with Crippen molar-refractivity contribution < 1.29 is 24.3 Å². The Morgan fingerprint density at radius 2 is 2.19 bits per heavy atom. The van der Waals surface area contributed by atoms with Crippen LogP contribution in [0.5, 0.6) is 11.5 Å². The predicted octanol–water partition coefficient (Wildman–Crippen LogP) is 1.40. The van der Waals surface area contributed by atoms with Crippen molar-refractivity contribution in [2.75, 3.05) is 20.0 Å². The van der Waals surface area contributed by atoms with Crippen LogP contribution >= 0.6 is 11.8 Å². The molecule has 1 fully saturated rings. The Labute approximate surface area is 124 Å². The van der Waals surface area contributed by atoms with E-state index in [1.807, 2.05) is 0 Å². The van der Waals surface area contributed by atoms with Gasteiger partial charge in [-0.1, -0.05) is 0 Å². The van der Waals surface area contributed by atoms with E-state index in [9.17, 15) is 14.9 Å². The molecule has 9 heteroatoms. The molecular weight excluding hydrogens is 300 g/mol. The summed E-state index contributed by atoms with van der Waals surface area (Å²) in [5.74, 6) is -0.269. The molecule has 2 atom stereocenters. The Balaban J connectivity index is 2.39. The maximum absolute atomic E-state index is 11.1. The van der Waals surface area contributed by atoms with Crippen LogP contribution in [0.15, 0.2) is 12.1 Å². The molecule has 0 spiro atoms. The summed E-state index contributed by atoms with van der Waals surface area (Å²) in [6.45, 7) is 0. The summed E-state index contributed by atoms with van der Waals surface area (Å²) in [6.07, 6.45) is 0. The van der Waals surface area contributed by atoms with Crippen molar-refractivity contribution in [3.05, 3.63) is 27.8 Å². The number of methoxy groups -OCH3 is 2. The highest BCUT2D eigenvalue weighted by atomic mass is 32.2. The van der Waals surface area contributed by atoms with E-state index >= 15 is 0 Å². The van der Waals surface area contributed by atoms with Crippen LogP contribution in [-0.2, 0) is 4.79 Å². The highest BCUT2D eigenvalue weighted by Gasteiger charge is 2.32. The zero-order valence-electron chi connectivity index (χ0n) is 11.4. The molecule has 1 saturated heterocycles. The quantitative estimate of drug-likeness (QED) is 0.620. The highest BCUT2D eigenvalue weighted by Crippen LogP contribution is 2.42. The number of aliphatic carboxylic acids is 1. The lowest BCUT2D eigenvalue weighted by Gasteiger charge is -2.14. The molecule has 0 radical (unpaired) electrons. The first-order chi connectivity index (χ1) is 9.97. The van der Waals surface area contributed by atoms with E-state index in [0.29, 0.717) is 11.3 Å². The summed E-state index contributed by atoms with van der Waals surface area (Å²) in [5.41, 5.74) is 0.362. The zero-order valence-corrected chi connectivity index (χ0v) is 12.2. The number of hydrogen-bond acceptors (Lipinski definition) is 7. The number of nitrogens with zero attached hydrogens (tertiary/aromatic N) is 1. The van der Waals surface area contributed by atoms with Crippen LogP contribution in [-0.4, -0.2) is 42.0 Å². The van der Waals surface area contributed by atoms with E-state index < -0.39 is 16.9 Å². The molecule has 2 rings (SSSR count). The van der Waals surface area contributed by atoms with Crippen molar-refractivity contribution in [2.45, 2.75) is 11.4 Å². The van der Waals surface area contributed by atoms with Gasteiger partial charge in [0.1, 0.15) is 6.04 Å². The third kappa shape index (κ3) is 3.03. The zero-order chi connectivity index (χ0) is 15.6. The molecule has 1 heterocycles. The molecule has 21 heavy (non-hydrogen) atoms. The first kappa shape index (κ1) is 15.4. The molecule has 114 valence electrons. The number of hydrogen-bond donors (Lipinski definition) is 2. The lowest BCUT2D eigenvalue weighted by atomic mass is 10.1. The van der Waals surface area contributed by atoms with Gasteiger partial charge in [-0.2, -0.15) is 0 Å². The van der Waals surface area contributed by atoms with Gasteiger partial charge in [0.05, 0.1) is 24.5 Å². The molecule has 0 saturated carbocycles. The second-order valence-electron chi connectivity index (χ2n) is 4.30. The van der Waals surface area contributed by atoms with E-state index in [1.54, 1.807) is 6.07 Å². The summed E-state index contributed by atoms with van der Waals surface area (Å²) in [4.78, 5) is 21.5. The molecule has 0 aromatic heterocycles. The minimum Gasteiger partial charge on any atom is -0.493 e. The maximum atomic E-state index is 11.1. The van der Waals surface area contributed by atoms with Crippen molar-refractivity contribution in [1.82, 2.24) is 5.32 Å². The number of rotatable bonds is 5. The van der Waals surface area contributed by atoms with E-state index in [2.05, 4.69) is 5.32 Å². The third-order valence-corrected chi connectivity index (χ3v) is 4.33. The normalized spacial score (nSPS) is 21.0. The number of nitrogens with one attached hydrogen (secondary N) is 1. The number of carboxylic acid groups (broad SMARTS) is 1. The first-order valence-corrected chi connectivity index (χ1v) is 7.03. The molecule has 8 nitrogen and oxygen atoms in total. The fourth-order valence-corrected chi connectivity index (χ4v) is 3.27. The second kappa shape index (κ2) is 6.19. The van der Waals surface area contributed by atoms with E-state index in [0.717, 1.165) is 0 Å². The second-order valence-corrected chi connectivity index (χ2v) is 5.44. The highest BCUT2D eigenvalue weighted by molar-refractivity contribution is 7.99. The summed E-state index contributed by atoms with van der Waals surface area (Å²) < 4.78 is 10.1.